The highest BCUT2D eigenvalue weighted by atomic mass is 16.6. The molecule has 2 aliphatic rings. The third-order valence-corrected chi connectivity index (χ3v) is 5.66. The van der Waals surface area contributed by atoms with Crippen molar-refractivity contribution < 1.29 is 14.5 Å². The van der Waals surface area contributed by atoms with E-state index in [9.17, 15) is 19.7 Å². The quantitative estimate of drug-likeness (QED) is 0.449. The molecule has 0 spiro atoms. The summed E-state index contributed by atoms with van der Waals surface area (Å²) in [4.78, 5) is 41.4. The number of hydrogen-bond donors (Lipinski definition) is 1. The standard InChI is InChI=1S/C22H23N5O4/c1-24-11-13-26(14-12-24)17-9-5-16(6-10-17)23-20-19(21(28)25(2)22(20)29)15-3-7-18(8-4-15)27(30)31/h3-10,23H,11-14H2,1-2H3. The van der Waals surface area contributed by atoms with Crippen LogP contribution in [0.2, 0.25) is 0 Å². The molecule has 2 heterocycles. The number of non-ortho nitro benzene ring substituents is 1. The number of nitrogens with zero attached hydrogens (tertiary/aromatic N) is 4. The lowest BCUT2D eigenvalue weighted by atomic mass is 10.0. The fourth-order valence-corrected chi connectivity index (χ4v) is 3.74. The molecule has 0 atom stereocenters. The molecule has 0 radical (unpaired) electrons. The number of likely N-dealkylation sites (N-methyl/N-ethyl adjacent to an activating group) is 2. The first kappa shape index (κ1) is 20.5. The molecule has 2 aromatic carbocycles. The van der Waals surface area contributed by atoms with Gasteiger partial charge in [0.25, 0.3) is 17.5 Å². The predicted molar refractivity (Wildman–Crippen MR) is 118 cm³/mol. The zero-order valence-electron chi connectivity index (χ0n) is 17.4. The molecule has 2 amide bonds. The van der Waals surface area contributed by atoms with Crippen molar-refractivity contribution >= 4 is 34.4 Å². The van der Waals surface area contributed by atoms with Gasteiger partial charge in [0.05, 0.1) is 10.5 Å². The van der Waals surface area contributed by atoms with Crippen LogP contribution in [0.4, 0.5) is 17.1 Å². The maximum absolute atomic E-state index is 12.7. The Balaban J connectivity index is 1.60. The summed E-state index contributed by atoms with van der Waals surface area (Å²) in [6.45, 7) is 3.93. The van der Waals surface area contributed by atoms with Crippen LogP contribution in [0.15, 0.2) is 54.2 Å². The van der Waals surface area contributed by atoms with Crippen LogP contribution >= 0.6 is 0 Å². The first-order valence-electron chi connectivity index (χ1n) is 9.97. The van der Waals surface area contributed by atoms with Gasteiger partial charge in [0.2, 0.25) is 0 Å². The monoisotopic (exact) mass is 421 g/mol. The van der Waals surface area contributed by atoms with Gasteiger partial charge in [-0.2, -0.15) is 0 Å². The molecule has 9 nitrogen and oxygen atoms in total. The smallest absolute Gasteiger partial charge is 0.277 e. The van der Waals surface area contributed by atoms with Crippen molar-refractivity contribution in [2.45, 2.75) is 0 Å². The Morgan fingerprint density at radius 1 is 0.871 bits per heavy atom. The number of nitrogens with one attached hydrogen (secondary N) is 1. The van der Waals surface area contributed by atoms with E-state index in [-0.39, 0.29) is 17.0 Å². The number of amides is 2. The molecule has 4 rings (SSSR count). The lowest BCUT2D eigenvalue weighted by Gasteiger charge is -2.34. The van der Waals surface area contributed by atoms with Gasteiger partial charge in [-0.05, 0) is 49.0 Å². The molecule has 1 fully saturated rings. The van der Waals surface area contributed by atoms with Crippen molar-refractivity contribution in [2.75, 3.05) is 50.5 Å². The second kappa shape index (κ2) is 8.19. The molecule has 0 bridgehead atoms. The fraction of sp³-hybridized carbons (Fsp3) is 0.273. The second-order valence-electron chi connectivity index (χ2n) is 7.69. The van der Waals surface area contributed by atoms with Gasteiger partial charge >= 0.3 is 0 Å². The van der Waals surface area contributed by atoms with Crippen molar-refractivity contribution in [1.82, 2.24) is 9.80 Å². The minimum absolute atomic E-state index is 0.0801. The summed E-state index contributed by atoms with van der Waals surface area (Å²) < 4.78 is 0. The van der Waals surface area contributed by atoms with Crippen LogP contribution in [0.25, 0.3) is 5.57 Å². The molecule has 1 N–H and O–H groups in total. The Labute approximate surface area is 179 Å². The molecule has 31 heavy (non-hydrogen) atoms. The van der Waals surface area contributed by atoms with Gasteiger partial charge in [0.1, 0.15) is 5.70 Å². The van der Waals surface area contributed by atoms with E-state index in [1.807, 2.05) is 24.3 Å². The van der Waals surface area contributed by atoms with Crippen LogP contribution in [-0.2, 0) is 9.59 Å². The van der Waals surface area contributed by atoms with Gasteiger partial charge in [-0.1, -0.05) is 0 Å². The highest BCUT2D eigenvalue weighted by molar-refractivity contribution is 6.36. The van der Waals surface area contributed by atoms with Crippen molar-refractivity contribution in [3.63, 3.8) is 0 Å². The predicted octanol–water partition coefficient (Wildman–Crippen LogP) is 2.17. The minimum atomic E-state index is -0.507. The molecule has 0 saturated carbocycles. The van der Waals surface area contributed by atoms with Crippen LogP contribution in [0, 0.1) is 10.1 Å². The zero-order chi connectivity index (χ0) is 22.1. The van der Waals surface area contributed by atoms with Gasteiger partial charge in [-0.25, -0.2) is 0 Å². The maximum Gasteiger partial charge on any atom is 0.277 e. The molecular weight excluding hydrogens is 398 g/mol. The molecule has 0 aliphatic carbocycles. The average molecular weight is 421 g/mol. The number of carbonyl (C=O) groups excluding carboxylic acids is 2. The number of imide groups is 1. The van der Waals surface area contributed by atoms with Gasteiger partial charge in [-0.15, -0.1) is 0 Å². The van der Waals surface area contributed by atoms with E-state index in [0.717, 1.165) is 36.8 Å². The molecule has 9 heteroatoms. The molecule has 0 unspecified atom stereocenters. The SMILES string of the molecule is CN1CCN(c2ccc(NC3=C(c4ccc([N+](=O)[O-])cc4)C(=O)N(C)C3=O)cc2)CC1. The van der Waals surface area contributed by atoms with E-state index in [2.05, 4.69) is 22.2 Å². The van der Waals surface area contributed by atoms with E-state index >= 15 is 0 Å². The third kappa shape index (κ3) is 3.99. The number of benzene rings is 2. The van der Waals surface area contributed by atoms with E-state index < -0.39 is 16.7 Å². The number of hydrogen-bond acceptors (Lipinski definition) is 7. The summed E-state index contributed by atoms with van der Waals surface area (Å²) in [6, 6.07) is 13.3. The van der Waals surface area contributed by atoms with Crippen molar-refractivity contribution in [3.05, 3.63) is 69.9 Å². The fourth-order valence-electron chi connectivity index (χ4n) is 3.74. The van der Waals surface area contributed by atoms with E-state index in [1.165, 1.54) is 31.3 Å². The Hall–Kier alpha value is -3.72. The number of rotatable bonds is 5. The van der Waals surface area contributed by atoms with Crippen molar-refractivity contribution in [3.8, 4) is 0 Å². The first-order valence-corrected chi connectivity index (χ1v) is 9.97. The van der Waals surface area contributed by atoms with Crippen LogP contribution in [0.3, 0.4) is 0 Å². The molecule has 0 aromatic heterocycles. The zero-order valence-corrected chi connectivity index (χ0v) is 17.4. The molecule has 2 aromatic rings. The summed E-state index contributed by atoms with van der Waals surface area (Å²) in [5, 5.41) is 14.0. The van der Waals surface area contributed by atoms with Crippen molar-refractivity contribution in [2.24, 2.45) is 0 Å². The maximum atomic E-state index is 12.7. The molecule has 1 saturated heterocycles. The Kier molecular flexibility index (Phi) is 5.43. The van der Waals surface area contributed by atoms with Gasteiger partial charge in [0, 0.05) is 56.7 Å². The van der Waals surface area contributed by atoms with Gasteiger partial charge in [-0.3, -0.25) is 24.6 Å². The summed E-state index contributed by atoms with van der Waals surface area (Å²) in [6.07, 6.45) is 0. The number of nitro benzene ring substituents is 1. The van der Waals surface area contributed by atoms with E-state index in [4.69, 9.17) is 0 Å². The summed E-state index contributed by atoms with van der Waals surface area (Å²) in [5.41, 5.74) is 2.52. The third-order valence-electron chi connectivity index (χ3n) is 5.66. The second-order valence-corrected chi connectivity index (χ2v) is 7.69. The Morgan fingerprint density at radius 3 is 2.06 bits per heavy atom. The normalized spacial score (nSPS) is 17.5. The Bertz CT molecular complexity index is 1050. The summed E-state index contributed by atoms with van der Waals surface area (Å²) >= 11 is 0. The average Bonchev–Trinajstić information content (AvgIpc) is 2.98. The molecule has 160 valence electrons. The van der Waals surface area contributed by atoms with E-state index in [1.54, 1.807) is 0 Å². The summed E-state index contributed by atoms with van der Waals surface area (Å²) in [5.74, 6) is -0.892. The highest BCUT2D eigenvalue weighted by Crippen LogP contribution is 2.31. The van der Waals surface area contributed by atoms with E-state index in [0.29, 0.717) is 11.3 Å². The molecular formula is C22H23N5O4. The van der Waals surface area contributed by atoms with Crippen molar-refractivity contribution in [1.29, 1.82) is 0 Å². The van der Waals surface area contributed by atoms with Crippen LogP contribution in [0.5, 0.6) is 0 Å². The summed E-state index contributed by atoms with van der Waals surface area (Å²) in [7, 11) is 3.53. The minimum Gasteiger partial charge on any atom is -0.369 e. The highest BCUT2D eigenvalue weighted by Gasteiger charge is 2.37. The topological polar surface area (TPSA) is 99.0 Å². The number of anilines is 2. The van der Waals surface area contributed by atoms with Crippen LogP contribution < -0.4 is 10.2 Å². The number of piperazine rings is 1. The molecule has 2 aliphatic heterocycles. The van der Waals surface area contributed by atoms with Crippen LogP contribution in [-0.4, -0.2) is 66.8 Å². The Morgan fingerprint density at radius 2 is 1.48 bits per heavy atom. The van der Waals surface area contributed by atoms with Crippen LogP contribution in [0.1, 0.15) is 5.56 Å². The lowest BCUT2D eigenvalue weighted by Crippen LogP contribution is -2.44. The van der Waals surface area contributed by atoms with Gasteiger partial charge in [0.15, 0.2) is 0 Å². The van der Waals surface area contributed by atoms with Gasteiger partial charge < -0.3 is 15.1 Å². The lowest BCUT2D eigenvalue weighted by molar-refractivity contribution is -0.384. The largest absolute Gasteiger partial charge is 0.369 e. The number of carbonyl (C=O) groups is 2. The first-order chi connectivity index (χ1) is 14.8. The number of nitro groups is 1.